The number of fused-ring (bicyclic) bond motifs is 2. The van der Waals surface area contributed by atoms with Gasteiger partial charge in [0.2, 0.25) is 10.9 Å². The average Bonchev–Trinajstić information content (AvgIpc) is 2.88. The number of nitrogens with zero attached hydrogens (tertiary/aromatic N) is 2. The smallest absolute Gasteiger partial charge is 0.214 e. The van der Waals surface area contributed by atoms with Gasteiger partial charge in [0.1, 0.15) is 16.5 Å². The first-order valence-corrected chi connectivity index (χ1v) is 9.33. The molecule has 0 unspecified atom stereocenters. The molecule has 0 saturated heterocycles. The third-order valence-electron chi connectivity index (χ3n) is 5.23. The van der Waals surface area contributed by atoms with Gasteiger partial charge in [-0.05, 0) is 17.7 Å². The minimum Gasteiger partial charge on any atom is -0.385 e. The lowest BCUT2D eigenvalue weighted by Gasteiger charge is -2.11. The van der Waals surface area contributed by atoms with Crippen molar-refractivity contribution >= 4 is 27.5 Å². The van der Waals surface area contributed by atoms with E-state index >= 15 is 0 Å². The standard InChI is InChI=1S/C24H17N3O2/c25-24-18-12-6-7-13-19(18)26-20-21(27(24)14-15-8-2-1-3-9-15)23(29)17-11-5-4-10-16(17)22(20)28/h1-13H,14,25H2. The molecule has 0 atom stereocenters. The summed E-state index contributed by atoms with van der Waals surface area (Å²) in [6, 6.07) is 23.9. The molecule has 140 valence electrons. The van der Waals surface area contributed by atoms with E-state index in [1.165, 1.54) is 0 Å². The highest BCUT2D eigenvalue weighted by Crippen LogP contribution is 2.20. The van der Waals surface area contributed by atoms with Crippen LogP contribution in [-0.4, -0.2) is 9.55 Å². The predicted molar refractivity (Wildman–Crippen MR) is 115 cm³/mol. The highest BCUT2D eigenvalue weighted by atomic mass is 16.1. The fourth-order valence-electron chi connectivity index (χ4n) is 3.81. The van der Waals surface area contributed by atoms with Gasteiger partial charge in [0, 0.05) is 22.7 Å². The number of benzene rings is 3. The second kappa shape index (κ2) is 6.56. The second-order valence-electron chi connectivity index (χ2n) is 6.99. The van der Waals surface area contributed by atoms with Crippen LogP contribution in [0.25, 0.3) is 21.7 Å². The summed E-state index contributed by atoms with van der Waals surface area (Å²) in [5, 5.41) is 1.81. The van der Waals surface area contributed by atoms with E-state index in [0.717, 1.165) is 5.56 Å². The van der Waals surface area contributed by atoms with Crippen molar-refractivity contribution in [3.63, 3.8) is 0 Å². The average molecular weight is 379 g/mol. The number of nitrogen functional groups attached to an aromatic ring is 1. The molecule has 1 aliphatic heterocycles. The Morgan fingerprint density at radius 2 is 1.31 bits per heavy atom. The molecule has 2 aliphatic rings. The molecule has 2 N–H and O–H groups in total. The van der Waals surface area contributed by atoms with E-state index in [0.29, 0.717) is 34.0 Å². The summed E-state index contributed by atoms with van der Waals surface area (Å²) in [5.41, 5.74) is 7.60. The molecular formula is C24H17N3O2. The summed E-state index contributed by atoms with van der Waals surface area (Å²) in [7, 11) is 0. The van der Waals surface area contributed by atoms with Crippen molar-refractivity contribution in [3.8, 4) is 0 Å². The third kappa shape index (κ3) is 2.67. The molecule has 0 fully saturated rings. The molecule has 29 heavy (non-hydrogen) atoms. The van der Waals surface area contributed by atoms with Crippen molar-refractivity contribution in [2.75, 3.05) is 5.73 Å². The lowest BCUT2D eigenvalue weighted by Crippen LogP contribution is -2.21. The maximum absolute atomic E-state index is 13.5. The van der Waals surface area contributed by atoms with Crippen molar-refractivity contribution in [1.82, 2.24) is 9.55 Å². The minimum absolute atomic E-state index is 0.137. The number of nitrogens with two attached hydrogens (primary N) is 1. The summed E-state index contributed by atoms with van der Waals surface area (Å²) in [4.78, 5) is 31.3. The minimum atomic E-state index is -0.266. The zero-order valence-corrected chi connectivity index (χ0v) is 15.5. The lowest BCUT2D eigenvalue weighted by atomic mass is 10.1. The van der Waals surface area contributed by atoms with E-state index in [-0.39, 0.29) is 21.6 Å². The number of para-hydroxylation sites is 1. The summed E-state index contributed by atoms with van der Waals surface area (Å²) in [5.74, 6) is 0.402. The van der Waals surface area contributed by atoms with Gasteiger partial charge in [0.15, 0.2) is 0 Å². The summed E-state index contributed by atoms with van der Waals surface area (Å²) in [6.07, 6.45) is 0. The van der Waals surface area contributed by atoms with E-state index < -0.39 is 0 Å². The SMILES string of the molecule is Nc1c2ccccc2nc2c(=O)c3ccccc3c(=O)c=2n1Cc1ccccc1. The van der Waals surface area contributed by atoms with Crippen LogP contribution in [0.15, 0.2) is 88.5 Å². The first-order valence-electron chi connectivity index (χ1n) is 9.33. The Labute approximate surface area is 165 Å². The van der Waals surface area contributed by atoms with Crippen molar-refractivity contribution < 1.29 is 0 Å². The Bertz CT molecular complexity index is 1570. The lowest BCUT2D eigenvalue weighted by molar-refractivity contribution is 0.776. The van der Waals surface area contributed by atoms with Gasteiger partial charge in [-0.15, -0.1) is 0 Å². The van der Waals surface area contributed by atoms with Gasteiger partial charge in [-0.2, -0.15) is 0 Å². The zero-order chi connectivity index (χ0) is 20.0. The van der Waals surface area contributed by atoms with Crippen molar-refractivity contribution in [1.29, 1.82) is 0 Å². The second-order valence-corrected chi connectivity index (χ2v) is 6.99. The van der Waals surface area contributed by atoms with Crippen LogP contribution in [0.5, 0.6) is 0 Å². The Morgan fingerprint density at radius 3 is 2.03 bits per heavy atom. The Morgan fingerprint density at radius 1 is 0.724 bits per heavy atom. The van der Waals surface area contributed by atoms with Gasteiger partial charge in [-0.25, -0.2) is 4.98 Å². The number of hydrogen-bond acceptors (Lipinski definition) is 4. The Kier molecular flexibility index (Phi) is 3.88. The summed E-state index contributed by atoms with van der Waals surface area (Å²) in [6.45, 7) is 0.358. The van der Waals surface area contributed by atoms with Crippen LogP contribution in [-0.2, 0) is 6.54 Å². The molecule has 5 nitrogen and oxygen atoms in total. The van der Waals surface area contributed by atoms with Crippen LogP contribution in [0.1, 0.15) is 5.56 Å². The highest BCUT2D eigenvalue weighted by Gasteiger charge is 2.14. The van der Waals surface area contributed by atoms with E-state index in [1.807, 2.05) is 48.5 Å². The first-order chi connectivity index (χ1) is 14.1. The van der Waals surface area contributed by atoms with E-state index in [2.05, 4.69) is 4.98 Å². The Hall–Kier alpha value is -3.99. The molecule has 0 bridgehead atoms. The molecule has 5 rings (SSSR count). The first kappa shape index (κ1) is 17.1. The van der Waals surface area contributed by atoms with Crippen LogP contribution in [0, 0.1) is 10.7 Å². The molecule has 1 aliphatic carbocycles. The van der Waals surface area contributed by atoms with Gasteiger partial charge in [0.25, 0.3) is 0 Å². The molecular weight excluding hydrogens is 362 g/mol. The molecule has 3 aromatic carbocycles. The van der Waals surface area contributed by atoms with Crippen LogP contribution in [0.3, 0.4) is 0 Å². The van der Waals surface area contributed by atoms with E-state index in [9.17, 15) is 9.59 Å². The largest absolute Gasteiger partial charge is 0.385 e. The number of anilines is 1. The Balaban J connectivity index is 2.09. The predicted octanol–water partition coefficient (Wildman–Crippen LogP) is 3.27. The van der Waals surface area contributed by atoms with Gasteiger partial charge in [-0.1, -0.05) is 66.7 Å². The fraction of sp³-hybridized carbons (Fsp3) is 0.0417. The number of hydrogen-bond donors (Lipinski definition) is 1. The van der Waals surface area contributed by atoms with Gasteiger partial charge in [-0.3, -0.25) is 9.59 Å². The molecule has 5 heteroatoms. The molecule has 0 spiro atoms. The van der Waals surface area contributed by atoms with E-state index in [4.69, 9.17) is 5.73 Å². The third-order valence-corrected chi connectivity index (χ3v) is 5.23. The van der Waals surface area contributed by atoms with Crippen molar-refractivity contribution in [3.05, 3.63) is 116 Å². The maximum atomic E-state index is 13.5. The number of rotatable bonds is 2. The molecule has 3 aromatic rings. The van der Waals surface area contributed by atoms with Crippen LogP contribution in [0.4, 0.5) is 5.82 Å². The van der Waals surface area contributed by atoms with Crippen molar-refractivity contribution in [2.24, 2.45) is 0 Å². The molecule has 0 saturated carbocycles. The quantitative estimate of drug-likeness (QED) is 0.511. The zero-order valence-electron chi connectivity index (χ0n) is 15.5. The van der Waals surface area contributed by atoms with Crippen LogP contribution >= 0.6 is 0 Å². The van der Waals surface area contributed by atoms with Crippen LogP contribution < -0.4 is 16.6 Å². The van der Waals surface area contributed by atoms with Gasteiger partial charge >= 0.3 is 0 Å². The summed E-state index contributed by atoms with van der Waals surface area (Å²) < 4.78 is 1.72. The van der Waals surface area contributed by atoms with Crippen molar-refractivity contribution in [2.45, 2.75) is 6.54 Å². The molecule has 1 heterocycles. The molecule has 0 radical (unpaired) electrons. The van der Waals surface area contributed by atoms with Gasteiger partial charge in [0.05, 0.1) is 5.52 Å². The molecule has 0 aromatic heterocycles. The normalized spacial score (nSPS) is 11.3. The van der Waals surface area contributed by atoms with E-state index in [1.54, 1.807) is 34.9 Å². The fourth-order valence-corrected chi connectivity index (χ4v) is 3.81. The topological polar surface area (TPSA) is 78.0 Å². The molecule has 0 amide bonds. The summed E-state index contributed by atoms with van der Waals surface area (Å²) >= 11 is 0. The van der Waals surface area contributed by atoms with Crippen LogP contribution in [0.2, 0.25) is 0 Å². The monoisotopic (exact) mass is 379 g/mol. The maximum Gasteiger partial charge on any atom is 0.214 e. The highest BCUT2D eigenvalue weighted by molar-refractivity contribution is 5.88. The van der Waals surface area contributed by atoms with Gasteiger partial charge < -0.3 is 10.3 Å². The number of aromatic nitrogens is 2.